The lowest BCUT2D eigenvalue weighted by Crippen LogP contribution is -2.36. The van der Waals surface area contributed by atoms with Gasteiger partial charge in [0.25, 0.3) is 0 Å². The molecule has 0 saturated heterocycles. The Bertz CT molecular complexity index is 119. The fourth-order valence-corrected chi connectivity index (χ4v) is 1.19. The molecule has 0 saturated carbocycles. The zero-order valence-electron chi connectivity index (χ0n) is 8.44. The van der Waals surface area contributed by atoms with Crippen LogP contribution in [-0.2, 0) is 0 Å². The van der Waals surface area contributed by atoms with Crippen molar-refractivity contribution in [2.24, 2.45) is 5.41 Å². The van der Waals surface area contributed by atoms with E-state index >= 15 is 0 Å². The quantitative estimate of drug-likeness (QED) is 0.660. The second kappa shape index (κ2) is 4.42. The van der Waals surface area contributed by atoms with E-state index in [1.165, 1.54) is 6.42 Å². The van der Waals surface area contributed by atoms with Gasteiger partial charge < -0.3 is 5.32 Å². The SMILES string of the molecule is C/C=C\NC(CC)C(C)(C)C. The van der Waals surface area contributed by atoms with Crippen LogP contribution < -0.4 is 5.32 Å². The van der Waals surface area contributed by atoms with E-state index in [4.69, 9.17) is 0 Å². The molecule has 0 aromatic carbocycles. The number of nitrogens with one attached hydrogen (secondary N) is 1. The van der Waals surface area contributed by atoms with Crippen molar-refractivity contribution in [2.75, 3.05) is 0 Å². The Morgan fingerprint density at radius 3 is 2.18 bits per heavy atom. The van der Waals surface area contributed by atoms with Crippen molar-refractivity contribution in [1.82, 2.24) is 5.32 Å². The average Bonchev–Trinajstić information content (AvgIpc) is 1.87. The first kappa shape index (κ1) is 10.5. The first-order chi connectivity index (χ1) is 5.02. The molecule has 0 aromatic heterocycles. The molecule has 0 radical (unpaired) electrons. The van der Waals surface area contributed by atoms with E-state index < -0.39 is 0 Å². The van der Waals surface area contributed by atoms with Gasteiger partial charge in [-0.3, -0.25) is 0 Å². The summed E-state index contributed by atoms with van der Waals surface area (Å²) in [4.78, 5) is 0. The summed E-state index contributed by atoms with van der Waals surface area (Å²) in [6.45, 7) is 11.0. The van der Waals surface area contributed by atoms with Crippen LogP contribution >= 0.6 is 0 Å². The molecule has 0 rings (SSSR count). The van der Waals surface area contributed by atoms with Crippen molar-refractivity contribution in [3.8, 4) is 0 Å². The highest BCUT2D eigenvalue weighted by molar-refractivity contribution is 4.85. The summed E-state index contributed by atoms with van der Waals surface area (Å²) in [5.74, 6) is 0. The first-order valence-corrected chi connectivity index (χ1v) is 4.39. The van der Waals surface area contributed by atoms with Crippen LogP contribution in [0.5, 0.6) is 0 Å². The molecule has 1 atom stereocenters. The number of allylic oxidation sites excluding steroid dienone is 1. The van der Waals surface area contributed by atoms with E-state index in [-0.39, 0.29) is 0 Å². The van der Waals surface area contributed by atoms with Crippen LogP contribution in [0.25, 0.3) is 0 Å². The average molecular weight is 155 g/mol. The fraction of sp³-hybridized carbons (Fsp3) is 0.800. The zero-order valence-corrected chi connectivity index (χ0v) is 8.44. The molecule has 66 valence electrons. The van der Waals surface area contributed by atoms with E-state index in [9.17, 15) is 0 Å². The van der Waals surface area contributed by atoms with Crippen LogP contribution in [-0.4, -0.2) is 6.04 Å². The highest BCUT2D eigenvalue weighted by atomic mass is 14.9. The third-order valence-corrected chi connectivity index (χ3v) is 1.92. The molecule has 0 fully saturated rings. The summed E-state index contributed by atoms with van der Waals surface area (Å²) in [7, 11) is 0. The maximum absolute atomic E-state index is 3.38. The lowest BCUT2D eigenvalue weighted by atomic mass is 9.85. The first-order valence-electron chi connectivity index (χ1n) is 4.39. The van der Waals surface area contributed by atoms with Gasteiger partial charge in [0.15, 0.2) is 0 Å². The monoisotopic (exact) mass is 155 g/mol. The molecule has 0 aliphatic carbocycles. The van der Waals surface area contributed by atoms with Gasteiger partial charge in [-0.15, -0.1) is 0 Å². The molecule has 0 aliphatic heterocycles. The third-order valence-electron chi connectivity index (χ3n) is 1.92. The fourth-order valence-electron chi connectivity index (χ4n) is 1.19. The minimum atomic E-state index is 0.355. The number of hydrogen-bond donors (Lipinski definition) is 1. The van der Waals surface area contributed by atoms with E-state index in [1.807, 2.05) is 19.2 Å². The summed E-state index contributed by atoms with van der Waals surface area (Å²) in [6.07, 6.45) is 5.24. The molecule has 1 unspecified atom stereocenters. The Hall–Kier alpha value is -0.460. The molecular formula is C10H21N. The van der Waals surface area contributed by atoms with Gasteiger partial charge in [0.1, 0.15) is 0 Å². The molecule has 11 heavy (non-hydrogen) atoms. The summed E-state index contributed by atoms with van der Waals surface area (Å²) >= 11 is 0. The molecule has 0 heterocycles. The minimum absolute atomic E-state index is 0.355. The van der Waals surface area contributed by atoms with Gasteiger partial charge in [-0.25, -0.2) is 0 Å². The number of hydrogen-bond acceptors (Lipinski definition) is 1. The van der Waals surface area contributed by atoms with Crippen molar-refractivity contribution >= 4 is 0 Å². The molecule has 0 amide bonds. The van der Waals surface area contributed by atoms with Gasteiger partial charge in [-0.1, -0.05) is 33.8 Å². The smallest absolute Gasteiger partial charge is 0.0301 e. The molecule has 1 N–H and O–H groups in total. The Morgan fingerprint density at radius 1 is 1.36 bits per heavy atom. The largest absolute Gasteiger partial charge is 0.388 e. The van der Waals surface area contributed by atoms with Gasteiger partial charge in [-0.2, -0.15) is 0 Å². The van der Waals surface area contributed by atoms with E-state index in [2.05, 4.69) is 33.0 Å². The van der Waals surface area contributed by atoms with E-state index in [1.54, 1.807) is 0 Å². The zero-order chi connectivity index (χ0) is 8.91. The molecule has 1 nitrogen and oxygen atoms in total. The van der Waals surface area contributed by atoms with Crippen LogP contribution in [0, 0.1) is 5.41 Å². The third kappa shape index (κ3) is 4.07. The van der Waals surface area contributed by atoms with Gasteiger partial charge in [0, 0.05) is 6.04 Å². The van der Waals surface area contributed by atoms with E-state index in [0.717, 1.165) is 0 Å². The molecular weight excluding hydrogens is 134 g/mol. The van der Waals surface area contributed by atoms with Crippen LogP contribution in [0.1, 0.15) is 41.0 Å². The predicted molar refractivity (Wildman–Crippen MR) is 51.5 cm³/mol. The second-order valence-electron chi connectivity index (χ2n) is 3.99. The van der Waals surface area contributed by atoms with Crippen LogP contribution in [0.3, 0.4) is 0 Å². The standard InChI is InChI=1S/C10H21N/c1-6-8-11-9(7-2)10(3,4)5/h6,8-9,11H,7H2,1-5H3/b8-6-. The Balaban J connectivity index is 3.96. The van der Waals surface area contributed by atoms with Crippen molar-refractivity contribution < 1.29 is 0 Å². The Kier molecular flexibility index (Phi) is 4.24. The van der Waals surface area contributed by atoms with E-state index in [0.29, 0.717) is 11.5 Å². The molecule has 0 bridgehead atoms. The number of rotatable bonds is 3. The van der Waals surface area contributed by atoms with Crippen LogP contribution in [0.2, 0.25) is 0 Å². The summed E-state index contributed by atoms with van der Waals surface area (Å²) in [5.41, 5.74) is 0.355. The van der Waals surface area contributed by atoms with Crippen molar-refractivity contribution in [1.29, 1.82) is 0 Å². The summed E-state index contributed by atoms with van der Waals surface area (Å²) < 4.78 is 0. The summed E-state index contributed by atoms with van der Waals surface area (Å²) in [6, 6.07) is 0.582. The Labute approximate surface area is 70.9 Å². The molecule has 1 heteroatoms. The molecule has 0 aliphatic rings. The van der Waals surface area contributed by atoms with Gasteiger partial charge in [0.05, 0.1) is 0 Å². The van der Waals surface area contributed by atoms with Crippen molar-refractivity contribution in [3.63, 3.8) is 0 Å². The minimum Gasteiger partial charge on any atom is -0.388 e. The van der Waals surface area contributed by atoms with Gasteiger partial charge in [0.2, 0.25) is 0 Å². The maximum Gasteiger partial charge on any atom is 0.0301 e. The molecule has 0 spiro atoms. The highest BCUT2D eigenvalue weighted by Crippen LogP contribution is 2.21. The van der Waals surface area contributed by atoms with Crippen LogP contribution in [0.15, 0.2) is 12.3 Å². The predicted octanol–water partition coefficient (Wildman–Crippen LogP) is 2.93. The van der Waals surface area contributed by atoms with Crippen LogP contribution in [0.4, 0.5) is 0 Å². The highest BCUT2D eigenvalue weighted by Gasteiger charge is 2.20. The lowest BCUT2D eigenvalue weighted by molar-refractivity contribution is 0.282. The lowest BCUT2D eigenvalue weighted by Gasteiger charge is -2.30. The topological polar surface area (TPSA) is 12.0 Å². The summed E-state index contributed by atoms with van der Waals surface area (Å²) in [5, 5.41) is 3.38. The second-order valence-corrected chi connectivity index (χ2v) is 3.99. The maximum atomic E-state index is 3.38. The van der Waals surface area contributed by atoms with Crippen molar-refractivity contribution in [2.45, 2.75) is 47.1 Å². The van der Waals surface area contributed by atoms with Crippen molar-refractivity contribution in [3.05, 3.63) is 12.3 Å². The Morgan fingerprint density at radius 2 is 1.91 bits per heavy atom. The normalized spacial score (nSPS) is 15.4. The molecule has 0 aromatic rings. The van der Waals surface area contributed by atoms with Gasteiger partial charge >= 0.3 is 0 Å². The van der Waals surface area contributed by atoms with Gasteiger partial charge in [-0.05, 0) is 25.0 Å².